The summed E-state index contributed by atoms with van der Waals surface area (Å²) in [5.74, 6) is 0. The van der Waals surface area contributed by atoms with Crippen LogP contribution in [0.2, 0.25) is 0 Å². The van der Waals surface area contributed by atoms with E-state index in [0.717, 1.165) is 33.4 Å². The average Bonchev–Trinajstić information content (AvgIpc) is 3.87. The van der Waals surface area contributed by atoms with Gasteiger partial charge in [0.2, 0.25) is 0 Å². The maximum atomic E-state index is 4.82. The molecule has 0 unspecified atom stereocenters. The monoisotopic (exact) mass is 961 g/mol. The molecule has 0 saturated heterocycles. The van der Waals surface area contributed by atoms with Gasteiger partial charge in [0.15, 0.2) is 0 Å². The average molecular weight is 961 g/mol. The summed E-state index contributed by atoms with van der Waals surface area (Å²) in [7, 11) is 0. The molecule has 9 aromatic rings. The van der Waals surface area contributed by atoms with Gasteiger partial charge in [-0.25, -0.2) is 0 Å². The quantitative estimate of drug-likeness (QED) is 0.0984. The van der Waals surface area contributed by atoms with Crippen molar-refractivity contribution in [2.45, 2.75) is 96.8 Å². The van der Waals surface area contributed by atoms with E-state index in [9.17, 15) is 0 Å². The van der Waals surface area contributed by atoms with Crippen molar-refractivity contribution in [2.75, 3.05) is 0 Å². The number of nitrogens with zero attached hydrogens (tertiary/aromatic N) is 4. The van der Waals surface area contributed by atoms with Gasteiger partial charge in [-0.2, -0.15) is 30.3 Å². The zero-order valence-corrected chi connectivity index (χ0v) is 38.6. The van der Waals surface area contributed by atoms with E-state index >= 15 is 0 Å². The van der Waals surface area contributed by atoms with Crippen LogP contribution in [-0.2, 0) is 41.8 Å². The van der Waals surface area contributed by atoms with E-state index in [1.807, 2.05) is 18.2 Å². The number of benzene rings is 6. The predicted molar refractivity (Wildman–Crippen MR) is 243 cm³/mol. The third-order valence-electron chi connectivity index (χ3n) is 14.4. The number of aromatic nitrogens is 4. The van der Waals surface area contributed by atoms with Crippen LogP contribution in [0.4, 0.5) is 0 Å². The molecule has 4 heterocycles. The Kier molecular flexibility index (Phi) is 9.43. The first-order valence-electron chi connectivity index (χ1n) is 21.1. The number of para-hydroxylation sites is 3. The van der Waals surface area contributed by atoms with Gasteiger partial charge in [0.05, 0.1) is 22.4 Å². The Morgan fingerprint density at radius 3 is 2.13 bits per heavy atom. The molecule has 0 fully saturated rings. The summed E-state index contributed by atoms with van der Waals surface area (Å²) in [6.07, 6.45) is 8.13. The van der Waals surface area contributed by atoms with Gasteiger partial charge < -0.3 is 8.97 Å². The standard InChI is InChI=1S/C33H31N2.C22H21N2.Ir/c1-32(2)20-21-33(3,4)29-22-24(18-19-28(29)32)27-16-11-17-30-31(27)35(26-14-9-6-10-15-26)23-34(30)25-12-7-5-8-13-25;1-13-10-11-16-19-18(13)14-8-6-7-9-15(14)20-23-12-17(24(19)20)22(4,5)21(16,2)3;/h5-12,14-19,22H,20-21H2,1-4H3;6-8,10-12H,1-5H3;/q2*-1;+3. The first kappa shape index (κ1) is 40.1. The molecule has 1 aliphatic heterocycles. The normalized spacial score (nSPS) is 16.7. The van der Waals surface area contributed by atoms with Crippen LogP contribution in [0.1, 0.15) is 96.2 Å². The summed E-state index contributed by atoms with van der Waals surface area (Å²) in [4.78, 5) is 4.82. The number of imidazole rings is 2. The molecule has 0 spiro atoms. The summed E-state index contributed by atoms with van der Waals surface area (Å²) in [6, 6.07) is 50.0. The Hall–Kier alpha value is -5.35. The zero-order valence-electron chi connectivity index (χ0n) is 36.2. The second-order valence-corrected chi connectivity index (χ2v) is 19.2. The SMILES string of the molecule is CC1(C)CCC(C)(C)c2cc(-c3cccc4c3[n+](-c3ccccc3)[c-]n4-c3[c-]cccc3)ccc21.Cc1ccc2c3c1c1ccc[c-]c1c1ncc(n13)C(C)(C)C2(C)C.[Ir+3]. The third-order valence-corrected chi connectivity index (χ3v) is 14.4. The van der Waals surface area contributed by atoms with Crippen molar-refractivity contribution < 1.29 is 24.7 Å². The Morgan fingerprint density at radius 2 is 1.38 bits per heavy atom. The predicted octanol–water partition coefficient (Wildman–Crippen LogP) is 12.8. The summed E-state index contributed by atoms with van der Waals surface area (Å²) >= 11 is 0. The molecule has 6 aromatic carbocycles. The molecule has 5 heteroatoms. The van der Waals surface area contributed by atoms with Crippen molar-refractivity contribution in [1.29, 1.82) is 0 Å². The molecule has 2 aliphatic rings. The fourth-order valence-corrected chi connectivity index (χ4v) is 10.1. The molecule has 0 radical (unpaired) electrons. The van der Waals surface area contributed by atoms with E-state index < -0.39 is 0 Å². The van der Waals surface area contributed by atoms with Gasteiger partial charge in [-0.3, -0.25) is 9.55 Å². The molecule has 11 rings (SSSR count). The van der Waals surface area contributed by atoms with E-state index in [1.165, 1.54) is 68.2 Å². The van der Waals surface area contributed by atoms with Gasteiger partial charge in [0.1, 0.15) is 0 Å². The summed E-state index contributed by atoms with van der Waals surface area (Å²) in [6.45, 7) is 21.2. The second-order valence-electron chi connectivity index (χ2n) is 19.2. The van der Waals surface area contributed by atoms with E-state index in [4.69, 9.17) is 4.98 Å². The molecule has 4 nitrogen and oxygen atoms in total. The zero-order chi connectivity index (χ0) is 41.1. The van der Waals surface area contributed by atoms with E-state index in [-0.39, 0.29) is 41.8 Å². The molecule has 300 valence electrons. The Morgan fingerprint density at radius 1 is 0.667 bits per heavy atom. The van der Waals surface area contributed by atoms with Gasteiger partial charge in [0, 0.05) is 28.2 Å². The smallest absolute Gasteiger partial charge is 0.336 e. The first-order valence-corrected chi connectivity index (χ1v) is 21.1. The number of aryl methyl sites for hydroxylation is 1. The van der Waals surface area contributed by atoms with Crippen LogP contribution in [0.3, 0.4) is 0 Å². The molecule has 60 heavy (non-hydrogen) atoms. The molecule has 3 aromatic heterocycles. The van der Waals surface area contributed by atoms with Crippen molar-refractivity contribution in [3.63, 3.8) is 0 Å². The maximum absolute atomic E-state index is 4.82. The van der Waals surface area contributed by atoms with Crippen LogP contribution in [0, 0.1) is 25.4 Å². The van der Waals surface area contributed by atoms with Gasteiger partial charge in [-0.05, 0) is 81.6 Å². The van der Waals surface area contributed by atoms with E-state index in [2.05, 4.69) is 204 Å². The van der Waals surface area contributed by atoms with Crippen molar-refractivity contribution in [1.82, 2.24) is 14.0 Å². The minimum atomic E-state index is 0. The van der Waals surface area contributed by atoms with Crippen molar-refractivity contribution in [3.05, 3.63) is 174 Å². The Labute approximate surface area is 368 Å². The van der Waals surface area contributed by atoms with Gasteiger partial charge >= 0.3 is 20.1 Å². The first-order chi connectivity index (χ1) is 28.2. The van der Waals surface area contributed by atoms with Crippen LogP contribution in [-0.4, -0.2) is 14.0 Å². The second kappa shape index (κ2) is 14.1. The summed E-state index contributed by atoms with van der Waals surface area (Å²) < 4.78 is 6.71. The Bertz CT molecular complexity index is 3110. The molecular formula is C55H52IrN4+. The van der Waals surface area contributed by atoms with E-state index in [0.29, 0.717) is 0 Å². The summed E-state index contributed by atoms with van der Waals surface area (Å²) in [5.41, 5.74) is 16.6. The molecule has 1 aliphatic carbocycles. The van der Waals surface area contributed by atoms with Crippen LogP contribution in [0.25, 0.3) is 60.9 Å². The minimum Gasteiger partial charge on any atom is -0.336 e. The maximum Gasteiger partial charge on any atom is 3.00 e. The van der Waals surface area contributed by atoms with Crippen molar-refractivity contribution in [3.8, 4) is 22.5 Å². The Balaban J connectivity index is 0.000000162. The van der Waals surface area contributed by atoms with Crippen LogP contribution in [0.5, 0.6) is 0 Å². The van der Waals surface area contributed by atoms with Crippen LogP contribution >= 0.6 is 0 Å². The number of rotatable bonds is 3. The minimum absolute atomic E-state index is 0. The topological polar surface area (TPSA) is 26.1 Å². The van der Waals surface area contributed by atoms with Crippen LogP contribution < -0.4 is 4.57 Å². The molecule has 0 atom stereocenters. The fourth-order valence-electron chi connectivity index (χ4n) is 10.1. The third kappa shape index (κ3) is 5.87. The largest absolute Gasteiger partial charge is 3.00 e. The van der Waals surface area contributed by atoms with Crippen molar-refractivity contribution >= 4 is 38.4 Å². The molecule has 0 amide bonds. The number of hydrogen-bond donors (Lipinski definition) is 0. The number of fused-ring (bicyclic) bond motifs is 5. The number of hydrogen-bond acceptors (Lipinski definition) is 1. The van der Waals surface area contributed by atoms with E-state index in [1.54, 1.807) is 0 Å². The van der Waals surface area contributed by atoms with Crippen LogP contribution in [0.15, 0.2) is 128 Å². The molecular weight excluding hydrogens is 909 g/mol. The molecule has 0 saturated carbocycles. The van der Waals surface area contributed by atoms with Crippen molar-refractivity contribution in [2.24, 2.45) is 0 Å². The van der Waals surface area contributed by atoms with Gasteiger partial charge in [0.25, 0.3) is 6.33 Å². The van der Waals surface area contributed by atoms with Gasteiger partial charge in [-0.15, -0.1) is 29.7 Å². The fraction of sp³-hybridized carbons (Fsp3) is 0.273. The van der Waals surface area contributed by atoms with Gasteiger partial charge in [-0.1, -0.05) is 133 Å². The molecule has 0 bridgehead atoms. The number of pyridine rings is 1. The summed E-state index contributed by atoms with van der Waals surface area (Å²) in [5, 5.41) is 3.72. The molecule has 0 N–H and O–H groups in total.